The Morgan fingerprint density at radius 1 is 0.810 bits per heavy atom. The van der Waals surface area contributed by atoms with Gasteiger partial charge in [0, 0.05) is 19.8 Å². The molecule has 1 N–H and O–H groups in total. The zero-order valence-electron chi connectivity index (χ0n) is 14.7. The molecule has 1 aliphatic rings. The SMILES string of the molecule is CCCCCCCCCCCCNCC1(C)CCOCC1. The molecule has 0 unspecified atom stereocenters. The maximum atomic E-state index is 5.45. The monoisotopic (exact) mass is 297 g/mol. The Morgan fingerprint density at radius 3 is 1.90 bits per heavy atom. The van der Waals surface area contributed by atoms with Crippen LogP contribution in [0, 0.1) is 5.41 Å². The first-order chi connectivity index (χ1) is 10.3. The molecule has 0 aromatic carbocycles. The molecule has 0 aliphatic carbocycles. The van der Waals surface area contributed by atoms with E-state index in [9.17, 15) is 0 Å². The summed E-state index contributed by atoms with van der Waals surface area (Å²) >= 11 is 0. The minimum absolute atomic E-state index is 0.483. The van der Waals surface area contributed by atoms with Gasteiger partial charge in [0.2, 0.25) is 0 Å². The summed E-state index contributed by atoms with van der Waals surface area (Å²) in [4.78, 5) is 0. The molecule has 0 bridgehead atoms. The van der Waals surface area contributed by atoms with Gasteiger partial charge in [0.25, 0.3) is 0 Å². The van der Waals surface area contributed by atoms with Crippen LogP contribution in [-0.2, 0) is 4.74 Å². The first-order valence-electron chi connectivity index (χ1n) is 9.55. The van der Waals surface area contributed by atoms with Crippen molar-refractivity contribution in [1.29, 1.82) is 0 Å². The summed E-state index contributed by atoms with van der Waals surface area (Å²) < 4.78 is 5.45. The number of unbranched alkanes of at least 4 members (excludes halogenated alkanes) is 9. The second-order valence-corrected chi connectivity index (χ2v) is 7.28. The van der Waals surface area contributed by atoms with E-state index in [0.717, 1.165) is 13.2 Å². The molecule has 0 spiro atoms. The van der Waals surface area contributed by atoms with Crippen LogP contribution < -0.4 is 5.32 Å². The Hall–Kier alpha value is -0.0800. The molecule has 2 nitrogen and oxygen atoms in total. The van der Waals surface area contributed by atoms with E-state index in [4.69, 9.17) is 4.74 Å². The van der Waals surface area contributed by atoms with Crippen molar-refractivity contribution in [3.05, 3.63) is 0 Å². The molecule has 0 atom stereocenters. The Labute approximate surface area is 133 Å². The summed E-state index contributed by atoms with van der Waals surface area (Å²) in [6.45, 7) is 8.98. The van der Waals surface area contributed by atoms with E-state index < -0.39 is 0 Å². The van der Waals surface area contributed by atoms with Crippen LogP contribution in [0.2, 0.25) is 0 Å². The fraction of sp³-hybridized carbons (Fsp3) is 1.00. The molecule has 0 aromatic rings. The lowest BCUT2D eigenvalue weighted by molar-refractivity contribution is 0.0242. The number of rotatable bonds is 13. The van der Waals surface area contributed by atoms with Gasteiger partial charge in [-0.1, -0.05) is 71.6 Å². The average Bonchev–Trinajstić information content (AvgIpc) is 2.49. The highest BCUT2D eigenvalue weighted by Crippen LogP contribution is 2.28. The molecule has 21 heavy (non-hydrogen) atoms. The van der Waals surface area contributed by atoms with Crippen LogP contribution in [-0.4, -0.2) is 26.3 Å². The van der Waals surface area contributed by atoms with Crippen LogP contribution in [0.4, 0.5) is 0 Å². The largest absolute Gasteiger partial charge is 0.381 e. The van der Waals surface area contributed by atoms with E-state index in [1.54, 1.807) is 0 Å². The van der Waals surface area contributed by atoms with Gasteiger partial charge in [-0.05, 0) is 31.2 Å². The molecule has 0 saturated carbocycles. The minimum Gasteiger partial charge on any atom is -0.381 e. The lowest BCUT2D eigenvalue weighted by Crippen LogP contribution is -2.37. The van der Waals surface area contributed by atoms with Gasteiger partial charge in [-0.2, -0.15) is 0 Å². The second-order valence-electron chi connectivity index (χ2n) is 7.28. The topological polar surface area (TPSA) is 21.3 Å². The van der Waals surface area contributed by atoms with Crippen LogP contribution in [0.5, 0.6) is 0 Å². The quantitative estimate of drug-likeness (QED) is 0.465. The third kappa shape index (κ3) is 10.3. The fourth-order valence-corrected chi connectivity index (χ4v) is 3.17. The van der Waals surface area contributed by atoms with E-state index in [2.05, 4.69) is 19.2 Å². The van der Waals surface area contributed by atoms with E-state index in [1.807, 2.05) is 0 Å². The van der Waals surface area contributed by atoms with Crippen molar-refractivity contribution in [2.75, 3.05) is 26.3 Å². The highest BCUT2D eigenvalue weighted by atomic mass is 16.5. The van der Waals surface area contributed by atoms with E-state index in [1.165, 1.54) is 90.1 Å². The fourth-order valence-electron chi connectivity index (χ4n) is 3.17. The lowest BCUT2D eigenvalue weighted by atomic mass is 9.82. The highest BCUT2D eigenvalue weighted by Gasteiger charge is 2.26. The van der Waals surface area contributed by atoms with Gasteiger partial charge in [-0.15, -0.1) is 0 Å². The predicted octanol–water partition coefficient (Wildman–Crippen LogP) is 5.31. The molecule has 0 radical (unpaired) electrons. The van der Waals surface area contributed by atoms with E-state index in [0.29, 0.717) is 5.41 Å². The van der Waals surface area contributed by atoms with E-state index >= 15 is 0 Å². The average molecular weight is 298 g/mol. The van der Waals surface area contributed by atoms with Crippen molar-refractivity contribution in [2.45, 2.75) is 90.9 Å². The Kier molecular flexibility index (Phi) is 11.3. The number of hydrogen-bond donors (Lipinski definition) is 1. The van der Waals surface area contributed by atoms with Crippen molar-refractivity contribution in [3.8, 4) is 0 Å². The molecular formula is C19H39NO. The number of nitrogens with one attached hydrogen (secondary N) is 1. The summed E-state index contributed by atoms with van der Waals surface area (Å²) in [5, 5.41) is 3.67. The third-order valence-corrected chi connectivity index (χ3v) is 4.96. The molecule has 1 rings (SSSR count). The third-order valence-electron chi connectivity index (χ3n) is 4.96. The number of ether oxygens (including phenoxy) is 1. The minimum atomic E-state index is 0.483. The predicted molar refractivity (Wildman–Crippen MR) is 92.9 cm³/mol. The smallest absolute Gasteiger partial charge is 0.0471 e. The van der Waals surface area contributed by atoms with Gasteiger partial charge >= 0.3 is 0 Å². The standard InChI is InChI=1S/C19H39NO/c1-3-4-5-6-7-8-9-10-11-12-15-20-18-19(2)13-16-21-17-14-19/h20H,3-18H2,1-2H3. The molecule has 1 aliphatic heterocycles. The van der Waals surface area contributed by atoms with Crippen LogP contribution in [0.15, 0.2) is 0 Å². The Balaban J connectivity index is 1.78. The van der Waals surface area contributed by atoms with Gasteiger partial charge < -0.3 is 10.1 Å². The first-order valence-corrected chi connectivity index (χ1v) is 9.55. The zero-order chi connectivity index (χ0) is 15.2. The van der Waals surface area contributed by atoms with Gasteiger partial charge in [0.15, 0.2) is 0 Å². The molecule has 1 heterocycles. The molecule has 2 heteroatoms. The van der Waals surface area contributed by atoms with Gasteiger partial charge in [0.1, 0.15) is 0 Å². The van der Waals surface area contributed by atoms with Crippen molar-refractivity contribution < 1.29 is 4.74 Å². The van der Waals surface area contributed by atoms with Crippen molar-refractivity contribution in [2.24, 2.45) is 5.41 Å². The Morgan fingerprint density at radius 2 is 1.33 bits per heavy atom. The summed E-state index contributed by atoms with van der Waals surface area (Å²) in [5.74, 6) is 0. The normalized spacial score (nSPS) is 18.0. The maximum Gasteiger partial charge on any atom is 0.0471 e. The second kappa shape index (κ2) is 12.5. The molecule has 1 fully saturated rings. The van der Waals surface area contributed by atoms with Crippen molar-refractivity contribution in [3.63, 3.8) is 0 Å². The summed E-state index contributed by atoms with van der Waals surface area (Å²) in [6.07, 6.45) is 16.7. The van der Waals surface area contributed by atoms with E-state index in [-0.39, 0.29) is 0 Å². The molecule has 0 aromatic heterocycles. The van der Waals surface area contributed by atoms with Crippen LogP contribution in [0.3, 0.4) is 0 Å². The van der Waals surface area contributed by atoms with Gasteiger partial charge in [0.05, 0.1) is 0 Å². The molecule has 0 amide bonds. The van der Waals surface area contributed by atoms with Crippen molar-refractivity contribution >= 4 is 0 Å². The highest BCUT2D eigenvalue weighted by molar-refractivity contribution is 4.79. The van der Waals surface area contributed by atoms with Gasteiger partial charge in [-0.25, -0.2) is 0 Å². The molecule has 126 valence electrons. The summed E-state index contributed by atoms with van der Waals surface area (Å²) in [5.41, 5.74) is 0.483. The van der Waals surface area contributed by atoms with Crippen LogP contribution in [0.25, 0.3) is 0 Å². The van der Waals surface area contributed by atoms with Crippen LogP contribution >= 0.6 is 0 Å². The molecule has 1 saturated heterocycles. The van der Waals surface area contributed by atoms with Gasteiger partial charge in [-0.3, -0.25) is 0 Å². The number of hydrogen-bond acceptors (Lipinski definition) is 2. The lowest BCUT2D eigenvalue weighted by Gasteiger charge is -2.33. The van der Waals surface area contributed by atoms with Crippen LogP contribution in [0.1, 0.15) is 90.9 Å². The maximum absolute atomic E-state index is 5.45. The summed E-state index contributed by atoms with van der Waals surface area (Å²) in [6, 6.07) is 0. The zero-order valence-corrected chi connectivity index (χ0v) is 14.7. The van der Waals surface area contributed by atoms with Crippen molar-refractivity contribution in [1.82, 2.24) is 5.32 Å². The molecular weight excluding hydrogens is 258 g/mol. The summed E-state index contributed by atoms with van der Waals surface area (Å²) in [7, 11) is 0. The Bertz CT molecular complexity index is 224. The first kappa shape index (κ1) is 19.0.